The van der Waals surface area contributed by atoms with Gasteiger partial charge in [-0.3, -0.25) is 0 Å². The second-order valence-corrected chi connectivity index (χ2v) is 4.37. The first-order valence-electron chi connectivity index (χ1n) is 4.91. The van der Waals surface area contributed by atoms with E-state index in [1.165, 1.54) is 6.08 Å². The summed E-state index contributed by atoms with van der Waals surface area (Å²) in [4.78, 5) is 0. The minimum absolute atomic E-state index is 0.176. The summed E-state index contributed by atoms with van der Waals surface area (Å²) in [7, 11) is 0. The van der Waals surface area contributed by atoms with Crippen molar-refractivity contribution in [2.24, 2.45) is 5.41 Å². The van der Waals surface area contributed by atoms with Gasteiger partial charge in [0.05, 0.1) is 0 Å². The monoisotopic (exact) mass is 199 g/mol. The molecule has 3 heteroatoms. The molecule has 1 aliphatic heterocycles. The first-order chi connectivity index (χ1) is 6.45. The lowest BCUT2D eigenvalue weighted by Gasteiger charge is -2.27. The number of rotatable bonds is 2. The summed E-state index contributed by atoms with van der Waals surface area (Å²) in [6.45, 7) is 8.40. The van der Waals surface area contributed by atoms with Crippen molar-refractivity contribution in [3.8, 4) is 0 Å². The summed E-state index contributed by atoms with van der Waals surface area (Å²) in [6.07, 6.45) is 2.85. The van der Waals surface area contributed by atoms with Crippen LogP contribution in [0.2, 0.25) is 0 Å². The molecule has 80 valence electrons. The predicted octanol–water partition coefficient (Wildman–Crippen LogP) is 2.74. The van der Waals surface area contributed by atoms with Gasteiger partial charge in [-0.05, 0) is 12.3 Å². The van der Waals surface area contributed by atoms with Gasteiger partial charge in [-0.1, -0.05) is 20.8 Å². The highest BCUT2D eigenvalue weighted by atomic mass is 19.1. The summed E-state index contributed by atoms with van der Waals surface area (Å²) >= 11 is 0. The van der Waals surface area contributed by atoms with Gasteiger partial charge in [-0.2, -0.15) is 0 Å². The fourth-order valence-electron chi connectivity index (χ4n) is 1.36. The first-order valence-corrected chi connectivity index (χ1v) is 4.91. The molecule has 0 aromatic rings. The van der Waals surface area contributed by atoms with E-state index in [1.807, 2.05) is 27.7 Å². The summed E-state index contributed by atoms with van der Waals surface area (Å²) in [5.41, 5.74) is 0.513. The maximum atomic E-state index is 13.6. The Balaban J connectivity index is 2.74. The average Bonchev–Trinajstić information content (AvgIpc) is 2.02. The molecule has 0 bridgehead atoms. The molecule has 1 aliphatic rings. The molecular formula is C11H18FNO. The topological polar surface area (TPSA) is 21.3 Å². The maximum absolute atomic E-state index is 13.6. The van der Waals surface area contributed by atoms with Gasteiger partial charge >= 0.3 is 0 Å². The van der Waals surface area contributed by atoms with Crippen molar-refractivity contribution in [3.05, 3.63) is 23.7 Å². The molecule has 0 saturated heterocycles. The molecule has 1 rings (SSSR count). The van der Waals surface area contributed by atoms with Crippen LogP contribution in [0.3, 0.4) is 0 Å². The van der Waals surface area contributed by atoms with Crippen molar-refractivity contribution in [2.45, 2.75) is 33.9 Å². The third kappa shape index (κ3) is 2.58. The number of nitrogens with one attached hydrogen (secondary N) is 1. The predicted molar refractivity (Wildman–Crippen MR) is 55.3 cm³/mol. The summed E-state index contributed by atoms with van der Waals surface area (Å²) < 4.78 is 18.8. The molecule has 0 aromatic heterocycles. The van der Waals surface area contributed by atoms with Crippen LogP contribution in [0.4, 0.5) is 4.39 Å². The Morgan fingerprint density at radius 1 is 1.50 bits per heavy atom. The van der Waals surface area contributed by atoms with Gasteiger partial charge in [-0.25, -0.2) is 4.39 Å². The zero-order valence-corrected chi connectivity index (χ0v) is 9.23. The fourth-order valence-corrected chi connectivity index (χ4v) is 1.36. The molecule has 1 atom stereocenters. The Kier molecular flexibility index (Phi) is 3.32. The highest BCUT2D eigenvalue weighted by molar-refractivity contribution is 5.33. The fraction of sp³-hybridized carbons (Fsp3) is 0.636. The Hall–Kier alpha value is -0.830. The Labute approximate surface area is 84.8 Å². The van der Waals surface area contributed by atoms with E-state index in [4.69, 9.17) is 4.74 Å². The van der Waals surface area contributed by atoms with E-state index < -0.39 is 0 Å². The molecule has 1 unspecified atom stereocenters. The van der Waals surface area contributed by atoms with E-state index in [9.17, 15) is 4.39 Å². The minimum atomic E-state index is -0.328. The molecule has 1 N–H and O–H groups in total. The zero-order valence-electron chi connectivity index (χ0n) is 9.23. The van der Waals surface area contributed by atoms with Crippen LogP contribution in [0.5, 0.6) is 0 Å². The van der Waals surface area contributed by atoms with Crippen LogP contribution >= 0.6 is 0 Å². The van der Waals surface area contributed by atoms with Crippen LogP contribution in [0, 0.1) is 5.41 Å². The van der Waals surface area contributed by atoms with Crippen LogP contribution in [0.25, 0.3) is 0 Å². The molecule has 0 aromatic carbocycles. The lowest BCUT2D eigenvalue weighted by atomic mass is 9.85. The molecule has 0 aliphatic carbocycles. The van der Waals surface area contributed by atoms with Gasteiger partial charge < -0.3 is 10.1 Å². The van der Waals surface area contributed by atoms with Crippen molar-refractivity contribution in [2.75, 3.05) is 6.61 Å². The van der Waals surface area contributed by atoms with Gasteiger partial charge in [-0.15, -0.1) is 0 Å². The van der Waals surface area contributed by atoms with E-state index in [-0.39, 0.29) is 17.5 Å². The van der Waals surface area contributed by atoms with Crippen molar-refractivity contribution < 1.29 is 9.13 Å². The van der Waals surface area contributed by atoms with Crippen molar-refractivity contribution in [1.29, 1.82) is 0 Å². The zero-order chi connectivity index (χ0) is 10.8. The van der Waals surface area contributed by atoms with Gasteiger partial charge in [0.25, 0.3) is 0 Å². The van der Waals surface area contributed by atoms with Crippen LogP contribution in [0.1, 0.15) is 27.7 Å². The van der Waals surface area contributed by atoms with E-state index in [0.717, 1.165) is 0 Å². The SMILES string of the molecule is CCOC1C=C(F)C(C(C)(C)C)=CN1. The van der Waals surface area contributed by atoms with Gasteiger partial charge in [0.2, 0.25) is 0 Å². The molecule has 0 fully saturated rings. The van der Waals surface area contributed by atoms with Crippen LogP contribution in [0.15, 0.2) is 23.7 Å². The van der Waals surface area contributed by atoms with Gasteiger partial charge in [0.15, 0.2) is 0 Å². The molecule has 0 spiro atoms. The number of ether oxygens (including phenoxy) is 1. The van der Waals surface area contributed by atoms with E-state index in [0.29, 0.717) is 12.2 Å². The largest absolute Gasteiger partial charge is 0.362 e. The summed E-state index contributed by atoms with van der Waals surface area (Å²) in [6, 6.07) is 0. The lowest BCUT2D eigenvalue weighted by Crippen LogP contribution is -2.31. The standard InChI is InChI=1S/C11H18FNO/c1-5-14-10-6-9(12)8(7-13-10)11(2,3)4/h6-7,10,13H,5H2,1-4H3. The second-order valence-electron chi connectivity index (χ2n) is 4.37. The quantitative estimate of drug-likeness (QED) is 0.738. The molecule has 0 radical (unpaired) electrons. The number of halogens is 1. The molecule has 0 amide bonds. The van der Waals surface area contributed by atoms with Crippen molar-refractivity contribution in [1.82, 2.24) is 5.32 Å². The summed E-state index contributed by atoms with van der Waals surface area (Å²) in [5, 5.41) is 3.01. The maximum Gasteiger partial charge on any atom is 0.149 e. The number of allylic oxidation sites excluding steroid dienone is 2. The van der Waals surface area contributed by atoms with E-state index in [2.05, 4.69) is 5.32 Å². The summed E-state index contributed by atoms with van der Waals surface area (Å²) in [5.74, 6) is -0.185. The van der Waals surface area contributed by atoms with E-state index in [1.54, 1.807) is 6.20 Å². The van der Waals surface area contributed by atoms with Crippen LogP contribution in [-0.2, 0) is 4.74 Å². The van der Waals surface area contributed by atoms with Gasteiger partial charge in [0.1, 0.15) is 12.1 Å². The number of dihydropyridines is 1. The minimum Gasteiger partial charge on any atom is -0.362 e. The number of hydrogen-bond donors (Lipinski definition) is 1. The molecular weight excluding hydrogens is 181 g/mol. The first kappa shape index (κ1) is 11.2. The third-order valence-corrected chi connectivity index (χ3v) is 2.10. The molecule has 1 heterocycles. The second kappa shape index (κ2) is 4.13. The van der Waals surface area contributed by atoms with E-state index >= 15 is 0 Å². The van der Waals surface area contributed by atoms with Crippen molar-refractivity contribution >= 4 is 0 Å². The van der Waals surface area contributed by atoms with Gasteiger partial charge in [0, 0.05) is 24.5 Å². The Morgan fingerprint density at radius 3 is 2.57 bits per heavy atom. The van der Waals surface area contributed by atoms with Crippen molar-refractivity contribution in [3.63, 3.8) is 0 Å². The highest BCUT2D eigenvalue weighted by Gasteiger charge is 2.24. The number of hydrogen-bond acceptors (Lipinski definition) is 2. The molecule has 0 saturated carbocycles. The highest BCUT2D eigenvalue weighted by Crippen LogP contribution is 2.33. The molecule has 14 heavy (non-hydrogen) atoms. The Morgan fingerprint density at radius 2 is 2.14 bits per heavy atom. The third-order valence-electron chi connectivity index (χ3n) is 2.10. The lowest BCUT2D eigenvalue weighted by molar-refractivity contribution is 0.0786. The van der Waals surface area contributed by atoms with Crippen LogP contribution < -0.4 is 5.32 Å². The smallest absolute Gasteiger partial charge is 0.149 e. The normalized spacial score (nSPS) is 22.5. The van der Waals surface area contributed by atoms with Crippen LogP contribution in [-0.4, -0.2) is 12.8 Å². The Bertz CT molecular complexity index is 263. The molecule has 2 nitrogen and oxygen atoms in total. The average molecular weight is 199 g/mol.